The van der Waals surface area contributed by atoms with E-state index in [-0.39, 0.29) is 22.9 Å². The molecule has 1 aliphatic heterocycles. The number of hydrogen-bond donors (Lipinski definition) is 0. The molecule has 0 spiro atoms. The summed E-state index contributed by atoms with van der Waals surface area (Å²) in [5, 5.41) is 4.05. The summed E-state index contributed by atoms with van der Waals surface area (Å²) in [5.74, 6) is 0.388. The first kappa shape index (κ1) is 20.8. The molecule has 0 bridgehead atoms. The fourth-order valence-electron chi connectivity index (χ4n) is 4.27. The second-order valence-electron chi connectivity index (χ2n) is 9.55. The maximum atomic E-state index is 12.8. The van der Waals surface area contributed by atoms with Crippen LogP contribution in [-0.4, -0.2) is 38.0 Å². The number of carbonyl (C=O) groups is 1. The molecule has 1 saturated heterocycles. The van der Waals surface area contributed by atoms with Gasteiger partial charge in [-0.2, -0.15) is 11.3 Å². The quantitative estimate of drug-likeness (QED) is 0.638. The summed E-state index contributed by atoms with van der Waals surface area (Å²) < 4.78 is 3.47. The number of thiophene rings is 1. The molecular formula is C23H30N4O2S. The number of fused-ring (bicyclic) bond motifs is 1. The van der Waals surface area contributed by atoms with E-state index in [1.165, 1.54) is 0 Å². The fourth-order valence-corrected chi connectivity index (χ4v) is 4.94. The second kappa shape index (κ2) is 8.02. The number of hydrogen-bond acceptors (Lipinski definition) is 4. The average Bonchev–Trinajstić information content (AvgIpc) is 3.30. The summed E-state index contributed by atoms with van der Waals surface area (Å²) in [7, 11) is 1.79. The van der Waals surface area contributed by atoms with Gasteiger partial charge in [0.1, 0.15) is 0 Å². The monoisotopic (exact) mass is 426 g/mol. The molecule has 1 amide bonds. The molecule has 6 nitrogen and oxygen atoms in total. The zero-order chi connectivity index (χ0) is 21.5. The molecule has 3 aromatic heterocycles. The van der Waals surface area contributed by atoms with E-state index in [2.05, 4.69) is 20.8 Å². The van der Waals surface area contributed by atoms with Gasteiger partial charge in [-0.1, -0.05) is 20.8 Å². The molecule has 1 atom stereocenters. The number of aryl methyl sites for hydroxylation is 1. The van der Waals surface area contributed by atoms with Crippen LogP contribution in [0.25, 0.3) is 11.2 Å². The van der Waals surface area contributed by atoms with E-state index in [0.717, 1.165) is 41.8 Å². The van der Waals surface area contributed by atoms with Crippen LogP contribution in [0.1, 0.15) is 50.8 Å². The first-order chi connectivity index (χ1) is 14.2. The minimum Gasteiger partial charge on any atom is -0.342 e. The van der Waals surface area contributed by atoms with Gasteiger partial charge in [0.25, 0.3) is 0 Å². The summed E-state index contributed by atoms with van der Waals surface area (Å²) in [6.07, 6.45) is 2.45. The van der Waals surface area contributed by atoms with Gasteiger partial charge in [-0.15, -0.1) is 0 Å². The third-order valence-corrected chi connectivity index (χ3v) is 6.49. The van der Waals surface area contributed by atoms with E-state index in [9.17, 15) is 9.59 Å². The van der Waals surface area contributed by atoms with E-state index in [4.69, 9.17) is 4.98 Å². The lowest BCUT2D eigenvalue weighted by Crippen LogP contribution is -2.40. The van der Waals surface area contributed by atoms with Crippen LogP contribution in [0.3, 0.4) is 0 Å². The second-order valence-corrected chi connectivity index (χ2v) is 10.3. The maximum absolute atomic E-state index is 12.8. The van der Waals surface area contributed by atoms with Crippen molar-refractivity contribution in [2.24, 2.45) is 12.5 Å². The van der Waals surface area contributed by atoms with E-state index in [1.54, 1.807) is 23.0 Å². The van der Waals surface area contributed by atoms with Gasteiger partial charge in [0.05, 0.1) is 11.9 Å². The summed E-state index contributed by atoms with van der Waals surface area (Å²) in [5.41, 5.74) is 3.64. The van der Waals surface area contributed by atoms with Crippen molar-refractivity contribution in [2.75, 3.05) is 13.1 Å². The Morgan fingerprint density at radius 2 is 2.07 bits per heavy atom. The SMILES string of the molecule is Cn1c(=O)n(CC(C)(C)C)c2ccc(C3CCCN(C(=O)Cc4ccsc4)C3)nc21. The lowest BCUT2D eigenvalue weighted by atomic mass is 9.93. The van der Waals surface area contributed by atoms with E-state index < -0.39 is 0 Å². The third kappa shape index (κ3) is 4.21. The van der Waals surface area contributed by atoms with Crippen LogP contribution in [-0.2, 0) is 24.8 Å². The maximum Gasteiger partial charge on any atom is 0.330 e. The summed E-state index contributed by atoms with van der Waals surface area (Å²) in [6, 6.07) is 6.08. The van der Waals surface area contributed by atoms with Gasteiger partial charge in [0, 0.05) is 38.3 Å². The van der Waals surface area contributed by atoms with Crippen LogP contribution < -0.4 is 5.69 Å². The Balaban J connectivity index is 1.57. The highest BCUT2D eigenvalue weighted by molar-refractivity contribution is 7.08. The molecule has 0 saturated carbocycles. The molecule has 0 radical (unpaired) electrons. The van der Waals surface area contributed by atoms with Crippen molar-refractivity contribution in [3.05, 3.63) is 50.7 Å². The van der Waals surface area contributed by atoms with Gasteiger partial charge in [-0.3, -0.25) is 13.9 Å². The Kier molecular flexibility index (Phi) is 5.57. The molecule has 0 aromatic carbocycles. The average molecular weight is 427 g/mol. The molecular weight excluding hydrogens is 396 g/mol. The van der Waals surface area contributed by atoms with Gasteiger partial charge in [-0.25, -0.2) is 9.78 Å². The van der Waals surface area contributed by atoms with Crippen LogP contribution in [0, 0.1) is 5.41 Å². The fraction of sp³-hybridized carbons (Fsp3) is 0.522. The zero-order valence-corrected chi connectivity index (χ0v) is 19.0. The Labute approximate surface area is 181 Å². The predicted octanol–water partition coefficient (Wildman–Crippen LogP) is 3.79. The standard InChI is InChI=1S/C23H30N4O2S/c1-23(2,3)15-27-19-8-7-18(24-21(19)25(4)22(27)29)17-6-5-10-26(13-17)20(28)12-16-9-11-30-14-16/h7-9,11,14,17H,5-6,10,12-13,15H2,1-4H3. The van der Waals surface area contributed by atoms with Gasteiger partial charge in [0.2, 0.25) is 5.91 Å². The van der Waals surface area contributed by atoms with Gasteiger partial charge >= 0.3 is 5.69 Å². The van der Waals surface area contributed by atoms with Crippen molar-refractivity contribution in [1.82, 2.24) is 19.0 Å². The van der Waals surface area contributed by atoms with Crippen LogP contribution in [0.15, 0.2) is 33.8 Å². The van der Waals surface area contributed by atoms with E-state index in [0.29, 0.717) is 19.5 Å². The molecule has 0 N–H and O–H groups in total. The number of piperidine rings is 1. The number of imidazole rings is 1. The lowest BCUT2D eigenvalue weighted by molar-refractivity contribution is -0.131. The van der Waals surface area contributed by atoms with Crippen molar-refractivity contribution in [2.45, 2.75) is 52.5 Å². The number of aromatic nitrogens is 3. The first-order valence-corrected chi connectivity index (χ1v) is 11.5. The van der Waals surface area contributed by atoms with Crippen molar-refractivity contribution in [1.29, 1.82) is 0 Å². The van der Waals surface area contributed by atoms with Crippen molar-refractivity contribution >= 4 is 28.4 Å². The van der Waals surface area contributed by atoms with Crippen LogP contribution >= 0.6 is 11.3 Å². The predicted molar refractivity (Wildman–Crippen MR) is 121 cm³/mol. The normalized spacial score (nSPS) is 17.6. The molecule has 30 heavy (non-hydrogen) atoms. The molecule has 1 fully saturated rings. The Hall–Kier alpha value is -2.41. The molecule has 160 valence electrons. The first-order valence-electron chi connectivity index (χ1n) is 10.6. The third-order valence-electron chi connectivity index (χ3n) is 5.76. The van der Waals surface area contributed by atoms with Crippen LogP contribution in [0.5, 0.6) is 0 Å². The molecule has 0 aliphatic carbocycles. The molecule has 1 aliphatic rings. The van der Waals surface area contributed by atoms with Crippen LogP contribution in [0.2, 0.25) is 0 Å². The van der Waals surface area contributed by atoms with Crippen molar-refractivity contribution < 1.29 is 4.79 Å². The minimum atomic E-state index is -0.0270. The van der Waals surface area contributed by atoms with E-state index >= 15 is 0 Å². The summed E-state index contributed by atoms with van der Waals surface area (Å²) in [6.45, 7) is 8.54. The van der Waals surface area contributed by atoms with Gasteiger partial charge < -0.3 is 4.90 Å². The smallest absolute Gasteiger partial charge is 0.330 e. The highest BCUT2D eigenvalue weighted by Gasteiger charge is 2.27. The zero-order valence-electron chi connectivity index (χ0n) is 18.2. The Bertz CT molecular complexity index is 1100. The highest BCUT2D eigenvalue weighted by Crippen LogP contribution is 2.28. The Morgan fingerprint density at radius 3 is 2.77 bits per heavy atom. The molecule has 3 aromatic rings. The number of pyridine rings is 1. The van der Waals surface area contributed by atoms with Crippen LogP contribution in [0.4, 0.5) is 0 Å². The number of likely N-dealkylation sites (tertiary alicyclic amines) is 1. The topological polar surface area (TPSA) is 60.1 Å². The van der Waals surface area contributed by atoms with Crippen molar-refractivity contribution in [3.8, 4) is 0 Å². The van der Waals surface area contributed by atoms with Gasteiger partial charge in [-0.05, 0) is 52.8 Å². The summed E-state index contributed by atoms with van der Waals surface area (Å²) in [4.78, 5) is 32.4. The molecule has 1 unspecified atom stereocenters. The molecule has 4 heterocycles. The van der Waals surface area contributed by atoms with Crippen molar-refractivity contribution in [3.63, 3.8) is 0 Å². The molecule has 4 rings (SSSR count). The Morgan fingerprint density at radius 1 is 1.27 bits per heavy atom. The van der Waals surface area contributed by atoms with Gasteiger partial charge in [0.15, 0.2) is 5.65 Å². The summed E-state index contributed by atoms with van der Waals surface area (Å²) >= 11 is 1.62. The number of amides is 1. The van der Waals surface area contributed by atoms with E-state index in [1.807, 2.05) is 38.4 Å². The number of carbonyl (C=O) groups excluding carboxylic acids is 1. The molecule has 7 heteroatoms. The number of nitrogens with zero attached hydrogens (tertiary/aromatic N) is 4. The highest BCUT2D eigenvalue weighted by atomic mass is 32.1. The minimum absolute atomic E-state index is 0.00344. The lowest BCUT2D eigenvalue weighted by Gasteiger charge is -2.32. The number of rotatable bonds is 4. The largest absolute Gasteiger partial charge is 0.342 e.